The molecule has 1 aromatic rings. The standard InChI is InChI=1S/C16H22N2O/c1-11-3-2-4-15(11)16(19)18-8-7-12-5-6-14(17)9-13(12)10-18/h5-6,9,11,15H,2-4,7-8,10,17H2,1H3. The predicted octanol–water partition coefficient (Wildman–Crippen LogP) is 2.59. The van der Waals surface area contributed by atoms with Gasteiger partial charge in [-0.2, -0.15) is 0 Å². The SMILES string of the molecule is CC1CCCC1C(=O)N1CCc2ccc(N)cc2C1. The van der Waals surface area contributed by atoms with Gasteiger partial charge < -0.3 is 10.6 Å². The lowest BCUT2D eigenvalue weighted by atomic mass is 9.93. The summed E-state index contributed by atoms with van der Waals surface area (Å²) in [5.74, 6) is 1.16. The molecular formula is C16H22N2O. The molecule has 2 N–H and O–H groups in total. The molecule has 1 aliphatic carbocycles. The molecule has 102 valence electrons. The second kappa shape index (κ2) is 4.87. The topological polar surface area (TPSA) is 46.3 Å². The van der Waals surface area contributed by atoms with Gasteiger partial charge in [-0.3, -0.25) is 4.79 Å². The molecule has 0 radical (unpaired) electrons. The number of rotatable bonds is 1. The van der Waals surface area contributed by atoms with Crippen molar-refractivity contribution in [3.8, 4) is 0 Å². The highest BCUT2D eigenvalue weighted by molar-refractivity contribution is 5.79. The van der Waals surface area contributed by atoms with Crippen LogP contribution in [0.2, 0.25) is 0 Å². The van der Waals surface area contributed by atoms with E-state index in [1.165, 1.54) is 24.0 Å². The normalized spacial score (nSPS) is 26.3. The van der Waals surface area contributed by atoms with Crippen molar-refractivity contribution in [3.63, 3.8) is 0 Å². The summed E-state index contributed by atoms with van der Waals surface area (Å²) in [5.41, 5.74) is 9.21. The van der Waals surface area contributed by atoms with Crippen molar-refractivity contribution in [1.82, 2.24) is 4.90 Å². The van der Waals surface area contributed by atoms with Crippen LogP contribution in [-0.4, -0.2) is 17.4 Å². The molecule has 0 bridgehead atoms. The maximum absolute atomic E-state index is 12.6. The number of benzene rings is 1. The Morgan fingerprint density at radius 1 is 1.32 bits per heavy atom. The largest absolute Gasteiger partial charge is 0.399 e. The van der Waals surface area contributed by atoms with Gasteiger partial charge in [-0.25, -0.2) is 0 Å². The number of carbonyl (C=O) groups is 1. The summed E-state index contributed by atoms with van der Waals surface area (Å²) in [4.78, 5) is 14.6. The zero-order chi connectivity index (χ0) is 13.4. The van der Waals surface area contributed by atoms with Crippen LogP contribution in [0.3, 0.4) is 0 Å². The molecule has 19 heavy (non-hydrogen) atoms. The zero-order valence-electron chi connectivity index (χ0n) is 11.6. The third kappa shape index (κ3) is 2.34. The Kier molecular flexibility index (Phi) is 3.21. The quantitative estimate of drug-likeness (QED) is 0.787. The van der Waals surface area contributed by atoms with Crippen LogP contribution in [0.25, 0.3) is 0 Å². The van der Waals surface area contributed by atoms with E-state index in [2.05, 4.69) is 13.0 Å². The summed E-state index contributed by atoms with van der Waals surface area (Å²) in [6.07, 6.45) is 4.44. The van der Waals surface area contributed by atoms with E-state index in [1.54, 1.807) is 0 Å². The van der Waals surface area contributed by atoms with Crippen molar-refractivity contribution in [3.05, 3.63) is 29.3 Å². The fourth-order valence-electron chi connectivity index (χ4n) is 3.51. The molecule has 1 fully saturated rings. The minimum Gasteiger partial charge on any atom is -0.399 e. The third-order valence-electron chi connectivity index (χ3n) is 4.73. The Morgan fingerprint density at radius 3 is 2.89 bits per heavy atom. The minimum absolute atomic E-state index is 0.252. The molecule has 1 amide bonds. The highest BCUT2D eigenvalue weighted by atomic mass is 16.2. The number of nitrogens with two attached hydrogens (primary N) is 1. The smallest absolute Gasteiger partial charge is 0.226 e. The first-order valence-corrected chi connectivity index (χ1v) is 7.31. The summed E-state index contributed by atoms with van der Waals surface area (Å²) in [6, 6.07) is 6.08. The lowest BCUT2D eigenvalue weighted by Crippen LogP contribution is -2.40. The maximum Gasteiger partial charge on any atom is 0.226 e. The summed E-state index contributed by atoms with van der Waals surface area (Å²) < 4.78 is 0. The first kappa shape index (κ1) is 12.5. The van der Waals surface area contributed by atoms with Crippen molar-refractivity contribution in [1.29, 1.82) is 0 Å². The van der Waals surface area contributed by atoms with Crippen LogP contribution in [-0.2, 0) is 17.8 Å². The van der Waals surface area contributed by atoms with Crippen LogP contribution in [0.15, 0.2) is 18.2 Å². The lowest BCUT2D eigenvalue weighted by Gasteiger charge is -2.32. The van der Waals surface area contributed by atoms with Gasteiger partial charge in [0, 0.05) is 24.7 Å². The number of nitrogens with zero attached hydrogens (tertiary/aromatic N) is 1. The number of carbonyl (C=O) groups excluding carboxylic acids is 1. The van der Waals surface area contributed by atoms with Crippen molar-refractivity contribution < 1.29 is 4.79 Å². The van der Waals surface area contributed by atoms with E-state index >= 15 is 0 Å². The average Bonchev–Trinajstić information content (AvgIpc) is 2.83. The fraction of sp³-hybridized carbons (Fsp3) is 0.562. The van der Waals surface area contributed by atoms with Gasteiger partial charge in [-0.1, -0.05) is 19.4 Å². The molecule has 0 spiro atoms. The number of amides is 1. The van der Waals surface area contributed by atoms with E-state index in [0.29, 0.717) is 11.8 Å². The van der Waals surface area contributed by atoms with Crippen LogP contribution in [0.1, 0.15) is 37.3 Å². The zero-order valence-corrected chi connectivity index (χ0v) is 11.6. The molecule has 3 rings (SSSR count). The van der Waals surface area contributed by atoms with Gasteiger partial charge in [-0.05, 0) is 48.4 Å². The molecular weight excluding hydrogens is 236 g/mol. The highest BCUT2D eigenvalue weighted by Gasteiger charge is 2.33. The second-order valence-corrected chi connectivity index (χ2v) is 6.05. The predicted molar refractivity (Wildman–Crippen MR) is 76.5 cm³/mol. The van der Waals surface area contributed by atoms with Crippen molar-refractivity contribution >= 4 is 11.6 Å². The number of fused-ring (bicyclic) bond motifs is 1. The Bertz CT molecular complexity index is 498. The van der Waals surface area contributed by atoms with Crippen LogP contribution in [0, 0.1) is 11.8 Å². The number of hydrogen-bond donors (Lipinski definition) is 1. The van der Waals surface area contributed by atoms with E-state index in [9.17, 15) is 4.79 Å². The fourth-order valence-corrected chi connectivity index (χ4v) is 3.51. The van der Waals surface area contributed by atoms with Gasteiger partial charge in [0.1, 0.15) is 0 Å². The Balaban J connectivity index is 1.76. The van der Waals surface area contributed by atoms with Gasteiger partial charge in [0.25, 0.3) is 0 Å². The molecule has 2 unspecified atom stereocenters. The Hall–Kier alpha value is -1.51. The number of anilines is 1. The van der Waals surface area contributed by atoms with Gasteiger partial charge in [0.05, 0.1) is 0 Å². The summed E-state index contributed by atoms with van der Waals surface area (Å²) >= 11 is 0. The number of nitrogen functional groups attached to an aromatic ring is 1. The van der Waals surface area contributed by atoms with Crippen LogP contribution < -0.4 is 5.73 Å². The Labute approximate surface area is 114 Å². The molecule has 1 saturated carbocycles. The summed E-state index contributed by atoms with van der Waals surface area (Å²) in [7, 11) is 0. The van der Waals surface area contributed by atoms with Crippen molar-refractivity contribution in [2.75, 3.05) is 12.3 Å². The average molecular weight is 258 g/mol. The molecule has 3 nitrogen and oxygen atoms in total. The molecule has 0 aromatic heterocycles. The first-order chi connectivity index (χ1) is 9.15. The van der Waals surface area contributed by atoms with Gasteiger partial charge >= 0.3 is 0 Å². The second-order valence-electron chi connectivity index (χ2n) is 6.05. The van der Waals surface area contributed by atoms with E-state index < -0.39 is 0 Å². The van der Waals surface area contributed by atoms with Gasteiger partial charge in [-0.15, -0.1) is 0 Å². The summed E-state index contributed by atoms with van der Waals surface area (Å²) in [6.45, 7) is 3.81. The van der Waals surface area contributed by atoms with E-state index in [0.717, 1.165) is 31.6 Å². The first-order valence-electron chi connectivity index (χ1n) is 7.31. The van der Waals surface area contributed by atoms with Crippen LogP contribution >= 0.6 is 0 Å². The molecule has 2 atom stereocenters. The van der Waals surface area contributed by atoms with Crippen LogP contribution in [0.4, 0.5) is 5.69 Å². The van der Waals surface area contributed by atoms with Crippen molar-refractivity contribution in [2.45, 2.75) is 39.2 Å². The van der Waals surface area contributed by atoms with Gasteiger partial charge in [0.15, 0.2) is 0 Å². The molecule has 1 aliphatic heterocycles. The van der Waals surface area contributed by atoms with E-state index in [4.69, 9.17) is 5.73 Å². The monoisotopic (exact) mass is 258 g/mol. The van der Waals surface area contributed by atoms with Gasteiger partial charge in [0.2, 0.25) is 5.91 Å². The van der Waals surface area contributed by atoms with E-state index in [-0.39, 0.29) is 5.92 Å². The molecule has 0 saturated heterocycles. The highest BCUT2D eigenvalue weighted by Crippen LogP contribution is 2.34. The molecule has 1 heterocycles. The summed E-state index contributed by atoms with van der Waals surface area (Å²) in [5, 5.41) is 0. The lowest BCUT2D eigenvalue weighted by molar-refractivity contribution is -0.137. The molecule has 2 aliphatic rings. The maximum atomic E-state index is 12.6. The number of hydrogen-bond acceptors (Lipinski definition) is 2. The molecule has 3 heteroatoms. The third-order valence-corrected chi connectivity index (χ3v) is 4.73. The van der Waals surface area contributed by atoms with Crippen LogP contribution in [0.5, 0.6) is 0 Å². The van der Waals surface area contributed by atoms with Crippen molar-refractivity contribution in [2.24, 2.45) is 11.8 Å². The molecule has 1 aromatic carbocycles. The van der Waals surface area contributed by atoms with E-state index in [1.807, 2.05) is 17.0 Å². The Morgan fingerprint density at radius 2 is 2.16 bits per heavy atom. The minimum atomic E-state index is 0.252.